The van der Waals surface area contributed by atoms with Crippen molar-refractivity contribution < 1.29 is 0 Å². The van der Waals surface area contributed by atoms with Crippen LogP contribution in [0.3, 0.4) is 0 Å². The summed E-state index contributed by atoms with van der Waals surface area (Å²) in [6, 6.07) is 0. The quantitative estimate of drug-likeness (QED) is 0.729. The minimum Gasteiger partial charge on any atom is -0.367 e. The summed E-state index contributed by atoms with van der Waals surface area (Å²) in [5.74, 6) is 0.425. The van der Waals surface area contributed by atoms with E-state index in [2.05, 4.69) is 16.3 Å². The van der Waals surface area contributed by atoms with E-state index in [0.717, 1.165) is 11.4 Å². The molecule has 1 aromatic rings. The summed E-state index contributed by atoms with van der Waals surface area (Å²) in [6.45, 7) is 2.28. The van der Waals surface area contributed by atoms with Crippen molar-refractivity contribution in [3.8, 4) is 0 Å². The second kappa shape index (κ2) is 2.17. The van der Waals surface area contributed by atoms with E-state index in [0.29, 0.717) is 11.4 Å². The van der Waals surface area contributed by atoms with Gasteiger partial charge in [-0.15, -0.1) is 0 Å². The molecule has 11 heavy (non-hydrogen) atoms. The summed E-state index contributed by atoms with van der Waals surface area (Å²) in [7, 11) is 0. The van der Waals surface area contributed by atoms with Crippen LogP contribution in [0.15, 0.2) is 0 Å². The Balaban J connectivity index is 2.06. The molecule has 0 saturated heterocycles. The SMILES string of the molecule is CC1(Cc2nc(N)ns2)CC1. The zero-order valence-corrected chi connectivity index (χ0v) is 7.32. The second-order valence-corrected chi connectivity index (χ2v) is 4.37. The van der Waals surface area contributed by atoms with Crippen molar-refractivity contribution in [2.24, 2.45) is 5.41 Å². The molecule has 0 unspecified atom stereocenters. The zero-order valence-electron chi connectivity index (χ0n) is 6.50. The first kappa shape index (κ1) is 7.03. The molecular weight excluding hydrogens is 158 g/mol. The van der Waals surface area contributed by atoms with Gasteiger partial charge in [0.1, 0.15) is 5.01 Å². The highest BCUT2D eigenvalue weighted by molar-refractivity contribution is 7.05. The largest absolute Gasteiger partial charge is 0.367 e. The molecule has 0 radical (unpaired) electrons. The fourth-order valence-electron chi connectivity index (χ4n) is 1.10. The summed E-state index contributed by atoms with van der Waals surface area (Å²) in [5, 5.41) is 1.09. The Bertz CT molecular complexity index is 264. The molecule has 0 atom stereocenters. The number of aromatic nitrogens is 2. The Morgan fingerprint density at radius 3 is 2.82 bits per heavy atom. The van der Waals surface area contributed by atoms with Gasteiger partial charge in [-0.2, -0.15) is 4.37 Å². The van der Waals surface area contributed by atoms with E-state index in [1.807, 2.05) is 0 Å². The molecule has 2 N–H and O–H groups in total. The molecule has 60 valence electrons. The third kappa shape index (κ3) is 1.50. The first-order valence-corrected chi connectivity index (χ1v) is 4.53. The van der Waals surface area contributed by atoms with Gasteiger partial charge in [0.2, 0.25) is 5.95 Å². The lowest BCUT2D eigenvalue weighted by atomic mass is 10.1. The van der Waals surface area contributed by atoms with Gasteiger partial charge in [-0.3, -0.25) is 0 Å². The van der Waals surface area contributed by atoms with Crippen LogP contribution in [0.25, 0.3) is 0 Å². The first-order valence-electron chi connectivity index (χ1n) is 3.76. The van der Waals surface area contributed by atoms with Crippen molar-refractivity contribution in [3.63, 3.8) is 0 Å². The maximum atomic E-state index is 5.41. The Kier molecular flexibility index (Phi) is 1.39. The lowest BCUT2D eigenvalue weighted by molar-refractivity contribution is 0.569. The first-order chi connectivity index (χ1) is 5.18. The minimum atomic E-state index is 0.425. The topological polar surface area (TPSA) is 51.8 Å². The number of anilines is 1. The van der Waals surface area contributed by atoms with Gasteiger partial charge < -0.3 is 5.73 Å². The van der Waals surface area contributed by atoms with E-state index in [4.69, 9.17) is 5.73 Å². The van der Waals surface area contributed by atoms with Crippen molar-refractivity contribution in [1.29, 1.82) is 0 Å². The molecule has 1 aliphatic carbocycles. The maximum Gasteiger partial charge on any atom is 0.232 e. The van der Waals surface area contributed by atoms with Crippen LogP contribution in [0.5, 0.6) is 0 Å². The molecular formula is C7H11N3S. The number of nitrogens with two attached hydrogens (primary N) is 1. The van der Waals surface area contributed by atoms with E-state index in [1.165, 1.54) is 24.4 Å². The van der Waals surface area contributed by atoms with E-state index < -0.39 is 0 Å². The fourth-order valence-corrected chi connectivity index (χ4v) is 1.88. The number of nitrogens with zero attached hydrogens (tertiary/aromatic N) is 2. The van der Waals surface area contributed by atoms with Gasteiger partial charge in [0, 0.05) is 6.42 Å². The minimum absolute atomic E-state index is 0.425. The van der Waals surface area contributed by atoms with E-state index in [1.54, 1.807) is 0 Å². The van der Waals surface area contributed by atoms with Crippen molar-refractivity contribution in [3.05, 3.63) is 5.01 Å². The Hall–Kier alpha value is -0.640. The predicted molar refractivity (Wildman–Crippen MR) is 45.4 cm³/mol. The summed E-state index contributed by atoms with van der Waals surface area (Å²) in [4.78, 5) is 4.12. The molecule has 1 saturated carbocycles. The van der Waals surface area contributed by atoms with Gasteiger partial charge in [0.15, 0.2) is 0 Å². The number of hydrogen-bond donors (Lipinski definition) is 1. The van der Waals surface area contributed by atoms with Gasteiger partial charge in [0.25, 0.3) is 0 Å². The van der Waals surface area contributed by atoms with Crippen LogP contribution in [-0.2, 0) is 6.42 Å². The lowest BCUT2D eigenvalue weighted by Gasteiger charge is -2.01. The van der Waals surface area contributed by atoms with E-state index >= 15 is 0 Å². The number of rotatable bonds is 2. The fraction of sp³-hybridized carbons (Fsp3) is 0.714. The summed E-state index contributed by atoms with van der Waals surface area (Å²) in [5.41, 5.74) is 5.93. The molecule has 0 spiro atoms. The zero-order chi connectivity index (χ0) is 7.90. The Morgan fingerprint density at radius 1 is 1.64 bits per heavy atom. The average Bonchev–Trinajstić information content (AvgIpc) is 2.49. The van der Waals surface area contributed by atoms with Crippen LogP contribution in [0.2, 0.25) is 0 Å². The lowest BCUT2D eigenvalue weighted by Crippen LogP contribution is -1.98. The smallest absolute Gasteiger partial charge is 0.232 e. The Labute approximate surface area is 69.8 Å². The van der Waals surface area contributed by atoms with Crippen LogP contribution in [0.4, 0.5) is 5.95 Å². The molecule has 0 bridgehead atoms. The summed E-state index contributed by atoms with van der Waals surface area (Å²) < 4.78 is 3.94. The van der Waals surface area contributed by atoms with E-state index in [9.17, 15) is 0 Å². The van der Waals surface area contributed by atoms with Gasteiger partial charge in [0.05, 0.1) is 0 Å². The molecule has 1 aromatic heterocycles. The monoisotopic (exact) mass is 169 g/mol. The predicted octanol–water partition coefficient (Wildman–Crippen LogP) is 1.46. The summed E-state index contributed by atoms with van der Waals surface area (Å²) >= 11 is 1.43. The van der Waals surface area contributed by atoms with Crippen LogP contribution in [-0.4, -0.2) is 9.36 Å². The highest BCUT2D eigenvalue weighted by atomic mass is 32.1. The number of nitrogen functional groups attached to an aromatic ring is 1. The number of hydrogen-bond acceptors (Lipinski definition) is 4. The van der Waals surface area contributed by atoms with Crippen LogP contribution < -0.4 is 5.73 Å². The van der Waals surface area contributed by atoms with Crippen molar-refractivity contribution >= 4 is 17.5 Å². The molecule has 1 aliphatic rings. The second-order valence-electron chi connectivity index (χ2n) is 3.53. The molecule has 4 heteroatoms. The third-order valence-corrected chi connectivity index (χ3v) is 2.89. The van der Waals surface area contributed by atoms with Gasteiger partial charge in [-0.05, 0) is 29.8 Å². The molecule has 0 aromatic carbocycles. The van der Waals surface area contributed by atoms with Gasteiger partial charge in [-0.25, -0.2) is 4.98 Å². The summed E-state index contributed by atoms with van der Waals surface area (Å²) in [6.07, 6.45) is 3.71. The molecule has 1 heterocycles. The van der Waals surface area contributed by atoms with Crippen molar-refractivity contribution in [2.75, 3.05) is 5.73 Å². The van der Waals surface area contributed by atoms with Crippen molar-refractivity contribution in [1.82, 2.24) is 9.36 Å². The standard InChI is InChI=1S/C7H11N3S/c1-7(2-3-7)4-5-9-6(8)10-11-5/h2-4H2,1H3,(H2,8,10). The molecule has 3 nitrogen and oxygen atoms in total. The normalized spacial score (nSPS) is 20.1. The van der Waals surface area contributed by atoms with Gasteiger partial charge >= 0.3 is 0 Å². The Morgan fingerprint density at radius 2 is 2.36 bits per heavy atom. The highest BCUT2D eigenvalue weighted by Gasteiger charge is 2.38. The maximum absolute atomic E-state index is 5.41. The molecule has 1 fully saturated rings. The molecule has 2 rings (SSSR count). The van der Waals surface area contributed by atoms with E-state index in [-0.39, 0.29) is 0 Å². The third-order valence-electron chi connectivity index (χ3n) is 2.17. The van der Waals surface area contributed by atoms with Crippen LogP contribution in [0.1, 0.15) is 24.8 Å². The van der Waals surface area contributed by atoms with Crippen LogP contribution >= 0.6 is 11.5 Å². The van der Waals surface area contributed by atoms with Crippen molar-refractivity contribution in [2.45, 2.75) is 26.2 Å². The van der Waals surface area contributed by atoms with Crippen LogP contribution in [0, 0.1) is 5.41 Å². The van der Waals surface area contributed by atoms with Gasteiger partial charge in [-0.1, -0.05) is 6.92 Å². The molecule has 0 amide bonds. The average molecular weight is 169 g/mol. The molecule has 0 aliphatic heterocycles. The highest BCUT2D eigenvalue weighted by Crippen LogP contribution is 2.47.